The molecule has 0 radical (unpaired) electrons. The predicted molar refractivity (Wildman–Crippen MR) is 77.5 cm³/mol. The molecule has 94 valence electrons. The van der Waals surface area contributed by atoms with Crippen molar-refractivity contribution in [1.29, 1.82) is 0 Å². The molecule has 1 heterocycles. The van der Waals surface area contributed by atoms with Crippen LogP contribution >= 0.6 is 22.9 Å². The average molecular weight is 281 g/mol. The number of benzene rings is 1. The highest BCUT2D eigenvalue weighted by Crippen LogP contribution is 2.29. The summed E-state index contributed by atoms with van der Waals surface area (Å²) in [7, 11) is 0. The van der Waals surface area contributed by atoms with Gasteiger partial charge in [-0.3, -0.25) is 4.79 Å². The summed E-state index contributed by atoms with van der Waals surface area (Å²) in [5.41, 5.74) is 6.71. The summed E-state index contributed by atoms with van der Waals surface area (Å²) in [6, 6.07) is 8.90. The highest BCUT2D eigenvalue weighted by Gasteiger charge is 2.12. The third kappa shape index (κ3) is 2.66. The van der Waals surface area contributed by atoms with Gasteiger partial charge in [0.05, 0.1) is 21.3 Å². The second-order valence-electron chi connectivity index (χ2n) is 3.78. The molecular formula is C13H13ClN2OS. The van der Waals surface area contributed by atoms with Gasteiger partial charge in [0, 0.05) is 4.88 Å². The lowest BCUT2D eigenvalue weighted by Crippen LogP contribution is -2.12. The summed E-state index contributed by atoms with van der Waals surface area (Å²) >= 11 is 7.48. The highest BCUT2D eigenvalue weighted by atomic mass is 35.5. The third-order valence-corrected chi connectivity index (χ3v) is 4.06. The zero-order valence-electron chi connectivity index (χ0n) is 9.87. The molecule has 0 saturated carbocycles. The van der Waals surface area contributed by atoms with E-state index in [9.17, 15) is 4.79 Å². The normalized spacial score (nSPS) is 10.3. The third-order valence-electron chi connectivity index (χ3n) is 2.52. The van der Waals surface area contributed by atoms with E-state index < -0.39 is 0 Å². The van der Waals surface area contributed by atoms with Gasteiger partial charge >= 0.3 is 0 Å². The van der Waals surface area contributed by atoms with Crippen LogP contribution in [0.15, 0.2) is 30.3 Å². The fraction of sp³-hybridized carbons (Fsp3) is 0.154. The fourth-order valence-electron chi connectivity index (χ4n) is 1.54. The Morgan fingerprint density at radius 1 is 1.39 bits per heavy atom. The van der Waals surface area contributed by atoms with Crippen LogP contribution in [-0.4, -0.2) is 5.91 Å². The number of nitrogens with one attached hydrogen (secondary N) is 1. The minimum absolute atomic E-state index is 0.181. The van der Waals surface area contributed by atoms with Crippen molar-refractivity contribution in [2.45, 2.75) is 13.3 Å². The summed E-state index contributed by atoms with van der Waals surface area (Å²) in [5.74, 6) is -0.181. The Bertz CT molecular complexity index is 560. The van der Waals surface area contributed by atoms with Gasteiger partial charge in [0.2, 0.25) is 0 Å². The molecule has 2 aromatic rings. The van der Waals surface area contributed by atoms with E-state index in [0.29, 0.717) is 21.3 Å². The van der Waals surface area contributed by atoms with Crippen LogP contribution in [0.5, 0.6) is 0 Å². The molecule has 0 saturated heterocycles. The van der Waals surface area contributed by atoms with Crippen LogP contribution < -0.4 is 11.1 Å². The van der Waals surface area contributed by atoms with Crippen LogP contribution in [0.2, 0.25) is 5.02 Å². The Labute approximate surface area is 115 Å². The van der Waals surface area contributed by atoms with Crippen LogP contribution in [0.25, 0.3) is 0 Å². The van der Waals surface area contributed by atoms with Crippen LogP contribution in [-0.2, 0) is 6.42 Å². The molecule has 3 N–H and O–H groups in total. The molecule has 0 fully saturated rings. The number of hydrogen-bond acceptors (Lipinski definition) is 3. The molecule has 0 atom stereocenters. The second-order valence-corrected chi connectivity index (χ2v) is 5.35. The number of aryl methyl sites for hydroxylation is 1. The number of hydrogen-bond donors (Lipinski definition) is 2. The summed E-state index contributed by atoms with van der Waals surface area (Å²) in [4.78, 5) is 13.9. The number of halogens is 1. The molecule has 2 rings (SSSR count). The first kappa shape index (κ1) is 12.9. The van der Waals surface area contributed by atoms with Crippen LogP contribution in [0.3, 0.4) is 0 Å². The maximum Gasteiger partial charge on any atom is 0.265 e. The first-order valence-electron chi connectivity index (χ1n) is 5.56. The number of carbonyl (C=O) groups is 1. The Morgan fingerprint density at radius 2 is 2.17 bits per heavy atom. The SMILES string of the molecule is CCc1ccc(C(=O)Nc2c(N)cccc2Cl)s1. The second kappa shape index (κ2) is 5.42. The van der Waals surface area contributed by atoms with Crippen molar-refractivity contribution in [3.8, 4) is 0 Å². The van der Waals surface area contributed by atoms with Crippen molar-refractivity contribution in [3.05, 3.63) is 45.1 Å². The van der Waals surface area contributed by atoms with Crippen molar-refractivity contribution in [2.75, 3.05) is 11.1 Å². The lowest BCUT2D eigenvalue weighted by atomic mass is 10.2. The molecular weight excluding hydrogens is 268 g/mol. The molecule has 3 nitrogen and oxygen atoms in total. The lowest BCUT2D eigenvalue weighted by molar-refractivity contribution is 0.103. The van der Waals surface area contributed by atoms with Crippen molar-refractivity contribution >= 4 is 40.2 Å². The molecule has 5 heteroatoms. The van der Waals surface area contributed by atoms with Crippen molar-refractivity contribution in [2.24, 2.45) is 0 Å². The maximum absolute atomic E-state index is 12.0. The summed E-state index contributed by atoms with van der Waals surface area (Å²) in [6.45, 7) is 2.06. The van der Waals surface area contributed by atoms with E-state index in [1.165, 1.54) is 16.2 Å². The molecule has 0 spiro atoms. The minimum Gasteiger partial charge on any atom is -0.397 e. The number of amides is 1. The molecule has 0 aliphatic carbocycles. The Balaban J connectivity index is 2.21. The van der Waals surface area contributed by atoms with E-state index in [1.807, 2.05) is 12.1 Å². The number of nitrogen functional groups attached to an aromatic ring is 1. The monoisotopic (exact) mass is 280 g/mol. The van der Waals surface area contributed by atoms with Gasteiger partial charge in [-0.1, -0.05) is 24.6 Å². The molecule has 1 amide bonds. The maximum atomic E-state index is 12.0. The minimum atomic E-state index is -0.181. The standard InChI is InChI=1S/C13H13ClN2OS/c1-2-8-6-7-11(18-8)13(17)16-12-9(14)4-3-5-10(12)15/h3-7H,2,15H2,1H3,(H,16,17). The number of thiophene rings is 1. The van der Waals surface area contributed by atoms with Crippen LogP contribution in [0, 0.1) is 0 Å². The summed E-state index contributed by atoms with van der Waals surface area (Å²) in [5, 5.41) is 3.19. The first-order valence-corrected chi connectivity index (χ1v) is 6.75. The van der Waals surface area contributed by atoms with Gasteiger partial charge in [-0.25, -0.2) is 0 Å². The van der Waals surface area contributed by atoms with E-state index >= 15 is 0 Å². The van der Waals surface area contributed by atoms with E-state index in [4.69, 9.17) is 17.3 Å². The average Bonchev–Trinajstić information content (AvgIpc) is 2.82. The van der Waals surface area contributed by atoms with Gasteiger partial charge in [-0.05, 0) is 30.7 Å². The summed E-state index contributed by atoms with van der Waals surface area (Å²) < 4.78 is 0. The van der Waals surface area contributed by atoms with Gasteiger partial charge in [0.1, 0.15) is 0 Å². The van der Waals surface area contributed by atoms with Crippen molar-refractivity contribution in [1.82, 2.24) is 0 Å². The molecule has 0 unspecified atom stereocenters. The van der Waals surface area contributed by atoms with Gasteiger partial charge in [-0.2, -0.15) is 0 Å². The largest absolute Gasteiger partial charge is 0.397 e. The van der Waals surface area contributed by atoms with Gasteiger partial charge in [0.15, 0.2) is 0 Å². The zero-order valence-corrected chi connectivity index (χ0v) is 11.4. The van der Waals surface area contributed by atoms with Gasteiger partial charge in [0.25, 0.3) is 5.91 Å². The van der Waals surface area contributed by atoms with Gasteiger partial charge < -0.3 is 11.1 Å². The number of nitrogens with two attached hydrogens (primary N) is 1. The number of anilines is 2. The zero-order chi connectivity index (χ0) is 13.1. The first-order chi connectivity index (χ1) is 8.61. The number of para-hydroxylation sites is 1. The van der Waals surface area contributed by atoms with E-state index in [1.54, 1.807) is 18.2 Å². The van der Waals surface area contributed by atoms with E-state index in [0.717, 1.165) is 6.42 Å². The molecule has 1 aromatic carbocycles. The van der Waals surface area contributed by atoms with Crippen LogP contribution in [0.1, 0.15) is 21.5 Å². The highest BCUT2D eigenvalue weighted by molar-refractivity contribution is 7.14. The Kier molecular flexibility index (Phi) is 3.89. The Morgan fingerprint density at radius 3 is 2.78 bits per heavy atom. The predicted octanol–water partition coefficient (Wildman–Crippen LogP) is 3.80. The molecule has 1 aromatic heterocycles. The molecule has 0 aliphatic rings. The quantitative estimate of drug-likeness (QED) is 0.840. The van der Waals surface area contributed by atoms with Crippen LogP contribution in [0.4, 0.5) is 11.4 Å². The molecule has 0 aliphatic heterocycles. The summed E-state index contributed by atoms with van der Waals surface area (Å²) in [6.07, 6.45) is 0.923. The topological polar surface area (TPSA) is 55.1 Å². The fourth-order valence-corrected chi connectivity index (χ4v) is 2.61. The van der Waals surface area contributed by atoms with E-state index in [2.05, 4.69) is 12.2 Å². The number of carbonyl (C=O) groups excluding carboxylic acids is 1. The molecule has 18 heavy (non-hydrogen) atoms. The van der Waals surface area contributed by atoms with Crippen molar-refractivity contribution in [3.63, 3.8) is 0 Å². The lowest BCUT2D eigenvalue weighted by Gasteiger charge is -2.08. The van der Waals surface area contributed by atoms with Crippen molar-refractivity contribution < 1.29 is 4.79 Å². The smallest absolute Gasteiger partial charge is 0.265 e. The van der Waals surface area contributed by atoms with Gasteiger partial charge in [-0.15, -0.1) is 11.3 Å². The van der Waals surface area contributed by atoms with E-state index in [-0.39, 0.29) is 5.91 Å². The Hall–Kier alpha value is -1.52. The molecule has 0 bridgehead atoms. The number of rotatable bonds is 3.